The minimum Gasteiger partial charge on any atom is -0.341 e. The standard InChI is InChI=1S/C12H15N5OS/c1-12(2,11-14-5-6-19-11)16-10(18)8-3-4-9(17-13)15-7-8/h3-7H,13H2,1-2H3,(H,15,17)(H,16,18). The molecule has 0 bridgehead atoms. The van der Waals surface area contributed by atoms with Crippen LogP contribution in [0.4, 0.5) is 5.82 Å². The first-order chi connectivity index (χ1) is 9.03. The van der Waals surface area contributed by atoms with E-state index < -0.39 is 5.54 Å². The van der Waals surface area contributed by atoms with Crippen LogP contribution in [0, 0.1) is 0 Å². The molecule has 1 amide bonds. The summed E-state index contributed by atoms with van der Waals surface area (Å²) in [5.74, 6) is 5.53. The van der Waals surface area contributed by atoms with Crippen molar-refractivity contribution in [2.45, 2.75) is 19.4 Å². The first-order valence-electron chi connectivity index (χ1n) is 5.68. The first kappa shape index (κ1) is 13.4. The van der Waals surface area contributed by atoms with Crippen molar-refractivity contribution in [2.24, 2.45) is 5.84 Å². The molecule has 0 saturated heterocycles. The van der Waals surface area contributed by atoms with Crippen molar-refractivity contribution < 1.29 is 4.79 Å². The molecule has 0 saturated carbocycles. The maximum atomic E-state index is 12.1. The average molecular weight is 277 g/mol. The number of nitrogens with zero attached hydrogens (tertiary/aromatic N) is 2. The van der Waals surface area contributed by atoms with E-state index >= 15 is 0 Å². The Morgan fingerprint density at radius 1 is 1.37 bits per heavy atom. The molecule has 0 aliphatic heterocycles. The van der Waals surface area contributed by atoms with Crippen LogP contribution in [0.3, 0.4) is 0 Å². The van der Waals surface area contributed by atoms with Crippen LogP contribution in [0.5, 0.6) is 0 Å². The molecule has 0 atom stereocenters. The molecule has 2 rings (SSSR count). The topological polar surface area (TPSA) is 92.9 Å². The second-order valence-electron chi connectivity index (χ2n) is 4.49. The van der Waals surface area contributed by atoms with Gasteiger partial charge in [-0.1, -0.05) is 0 Å². The smallest absolute Gasteiger partial charge is 0.253 e. The Morgan fingerprint density at radius 2 is 2.16 bits per heavy atom. The zero-order chi connectivity index (χ0) is 13.9. The van der Waals surface area contributed by atoms with Crippen LogP contribution in [-0.2, 0) is 5.54 Å². The van der Waals surface area contributed by atoms with Crippen molar-refractivity contribution in [3.8, 4) is 0 Å². The minimum absolute atomic E-state index is 0.198. The Hall–Kier alpha value is -1.99. The summed E-state index contributed by atoms with van der Waals surface area (Å²) >= 11 is 1.51. The van der Waals surface area contributed by atoms with E-state index in [9.17, 15) is 4.79 Å². The number of nitrogens with one attached hydrogen (secondary N) is 2. The Bertz CT molecular complexity index is 550. The highest BCUT2D eigenvalue weighted by Gasteiger charge is 2.25. The summed E-state index contributed by atoms with van der Waals surface area (Å²) in [7, 11) is 0. The van der Waals surface area contributed by atoms with E-state index in [1.165, 1.54) is 17.5 Å². The number of hydrogen-bond donors (Lipinski definition) is 3. The second-order valence-corrected chi connectivity index (χ2v) is 5.39. The van der Waals surface area contributed by atoms with Gasteiger partial charge in [-0.05, 0) is 26.0 Å². The Balaban J connectivity index is 2.12. The molecule has 0 spiro atoms. The van der Waals surface area contributed by atoms with Gasteiger partial charge in [0, 0.05) is 17.8 Å². The number of rotatable bonds is 4. The number of carbonyl (C=O) groups excluding carboxylic acids is 1. The first-order valence-corrected chi connectivity index (χ1v) is 6.56. The maximum absolute atomic E-state index is 12.1. The number of thiazole rings is 1. The summed E-state index contributed by atoms with van der Waals surface area (Å²) in [5.41, 5.74) is 2.37. The molecule has 19 heavy (non-hydrogen) atoms. The summed E-state index contributed by atoms with van der Waals surface area (Å²) in [6, 6.07) is 3.31. The van der Waals surface area contributed by atoms with Gasteiger partial charge in [-0.15, -0.1) is 11.3 Å². The van der Waals surface area contributed by atoms with Gasteiger partial charge in [-0.2, -0.15) is 0 Å². The molecule has 0 unspecified atom stereocenters. The highest BCUT2D eigenvalue weighted by Crippen LogP contribution is 2.22. The molecule has 0 fully saturated rings. The van der Waals surface area contributed by atoms with Crippen LogP contribution in [0.25, 0.3) is 0 Å². The average Bonchev–Trinajstić information content (AvgIpc) is 2.93. The molecular weight excluding hydrogens is 262 g/mol. The molecule has 6 nitrogen and oxygen atoms in total. The monoisotopic (exact) mass is 277 g/mol. The lowest BCUT2D eigenvalue weighted by atomic mass is 10.1. The van der Waals surface area contributed by atoms with Crippen LogP contribution in [-0.4, -0.2) is 15.9 Å². The molecule has 7 heteroatoms. The van der Waals surface area contributed by atoms with Gasteiger partial charge in [0.25, 0.3) is 5.91 Å². The third-order valence-corrected chi connectivity index (χ3v) is 3.66. The summed E-state index contributed by atoms with van der Waals surface area (Å²) in [6.45, 7) is 3.82. The third-order valence-electron chi connectivity index (χ3n) is 2.57. The molecule has 0 aromatic carbocycles. The molecule has 2 aromatic heterocycles. The summed E-state index contributed by atoms with van der Waals surface area (Å²) in [6.07, 6.45) is 3.19. The van der Waals surface area contributed by atoms with E-state index in [1.54, 1.807) is 18.3 Å². The SMILES string of the molecule is CC(C)(NC(=O)c1ccc(NN)nc1)c1nccs1. The molecular formula is C12H15N5OS. The fourth-order valence-corrected chi connectivity index (χ4v) is 2.27. The summed E-state index contributed by atoms with van der Waals surface area (Å²) < 4.78 is 0. The van der Waals surface area contributed by atoms with Crippen LogP contribution in [0.1, 0.15) is 29.2 Å². The lowest BCUT2D eigenvalue weighted by Gasteiger charge is -2.23. The normalized spacial score (nSPS) is 11.1. The lowest BCUT2D eigenvalue weighted by molar-refractivity contribution is 0.0911. The van der Waals surface area contributed by atoms with E-state index in [0.29, 0.717) is 11.4 Å². The van der Waals surface area contributed by atoms with Crippen LogP contribution in [0.15, 0.2) is 29.9 Å². The van der Waals surface area contributed by atoms with Crippen molar-refractivity contribution in [3.63, 3.8) is 0 Å². The number of nitrogens with two attached hydrogens (primary N) is 1. The molecule has 2 aromatic rings. The maximum Gasteiger partial charge on any atom is 0.253 e. The van der Waals surface area contributed by atoms with Crippen LogP contribution in [0.2, 0.25) is 0 Å². The van der Waals surface area contributed by atoms with E-state index in [0.717, 1.165) is 5.01 Å². The molecule has 4 N–H and O–H groups in total. The zero-order valence-electron chi connectivity index (χ0n) is 10.7. The summed E-state index contributed by atoms with van der Waals surface area (Å²) in [5, 5.41) is 5.67. The van der Waals surface area contributed by atoms with Crippen LogP contribution >= 0.6 is 11.3 Å². The number of aromatic nitrogens is 2. The van der Waals surface area contributed by atoms with Gasteiger partial charge in [-0.3, -0.25) is 4.79 Å². The van der Waals surface area contributed by atoms with E-state index in [2.05, 4.69) is 20.7 Å². The quantitative estimate of drug-likeness (QED) is 0.581. The predicted octanol–water partition coefficient (Wildman–Crippen LogP) is 1.49. The van der Waals surface area contributed by atoms with E-state index in [-0.39, 0.29) is 5.91 Å². The van der Waals surface area contributed by atoms with Gasteiger partial charge in [0.2, 0.25) is 0 Å². The van der Waals surface area contributed by atoms with Gasteiger partial charge >= 0.3 is 0 Å². The van der Waals surface area contributed by atoms with Gasteiger partial charge in [-0.25, -0.2) is 15.8 Å². The fourth-order valence-electron chi connectivity index (χ4n) is 1.56. The van der Waals surface area contributed by atoms with Gasteiger partial charge in [0.1, 0.15) is 10.8 Å². The number of carbonyl (C=O) groups is 1. The van der Waals surface area contributed by atoms with Crippen molar-refractivity contribution in [3.05, 3.63) is 40.5 Å². The highest BCUT2D eigenvalue weighted by atomic mass is 32.1. The number of hydrogen-bond acceptors (Lipinski definition) is 6. The second kappa shape index (κ2) is 5.33. The Labute approximate surface area is 115 Å². The molecule has 100 valence electrons. The van der Waals surface area contributed by atoms with Crippen molar-refractivity contribution in [1.29, 1.82) is 0 Å². The lowest BCUT2D eigenvalue weighted by Crippen LogP contribution is -2.40. The van der Waals surface area contributed by atoms with Gasteiger partial charge in [0.05, 0.1) is 11.1 Å². The number of amides is 1. The van der Waals surface area contributed by atoms with Crippen molar-refractivity contribution >= 4 is 23.1 Å². The molecule has 2 heterocycles. The Kier molecular flexibility index (Phi) is 3.77. The fraction of sp³-hybridized carbons (Fsp3) is 0.250. The van der Waals surface area contributed by atoms with E-state index in [4.69, 9.17) is 5.84 Å². The number of nitrogen functional groups attached to an aromatic ring is 1. The number of anilines is 1. The molecule has 0 radical (unpaired) electrons. The minimum atomic E-state index is -0.518. The zero-order valence-corrected chi connectivity index (χ0v) is 11.5. The van der Waals surface area contributed by atoms with Gasteiger partial charge < -0.3 is 10.7 Å². The largest absolute Gasteiger partial charge is 0.341 e. The van der Waals surface area contributed by atoms with Crippen LogP contribution < -0.4 is 16.6 Å². The number of hydrazine groups is 1. The van der Waals surface area contributed by atoms with Crippen molar-refractivity contribution in [1.82, 2.24) is 15.3 Å². The summed E-state index contributed by atoms with van der Waals surface area (Å²) in [4.78, 5) is 20.4. The number of pyridine rings is 1. The third kappa shape index (κ3) is 3.07. The van der Waals surface area contributed by atoms with Gasteiger partial charge in [0.15, 0.2) is 0 Å². The highest BCUT2D eigenvalue weighted by molar-refractivity contribution is 7.09. The predicted molar refractivity (Wildman–Crippen MR) is 74.7 cm³/mol. The Morgan fingerprint density at radius 3 is 2.68 bits per heavy atom. The molecule has 0 aliphatic rings. The molecule has 0 aliphatic carbocycles. The van der Waals surface area contributed by atoms with E-state index in [1.807, 2.05) is 19.2 Å². The van der Waals surface area contributed by atoms with Crippen molar-refractivity contribution in [2.75, 3.05) is 5.43 Å².